The second-order valence-corrected chi connectivity index (χ2v) is 7.25. The van der Waals surface area contributed by atoms with Crippen LogP contribution in [0.4, 0.5) is 15.8 Å². The quantitative estimate of drug-likeness (QED) is 0.647. The molecule has 0 aromatic heterocycles. The standard InChI is InChI=1S/C24H18FN3O3/c1-14-22(15-6-9-17(25)10-7-15)23(27-19-5-3-2-4-18(19)26-14)28-24(29)16-8-11-20-21(12-16)31-13-30-20/h2-12,22H,13H2,1H3,(H,27,28,29)/t22-/m0/s1. The fraction of sp³-hybridized carbons (Fsp3) is 0.125. The van der Waals surface area contributed by atoms with Gasteiger partial charge in [-0.2, -0.15) is 0 Å². The Labute approximate surface area is 178 Å². The van der Waals surface area contributed by atoms with Gasteiger partial charge in [0.2, 0.25) is 6.79 Å². The van der Waals surface area contributed by atoms with Crippen LogP contribution in [0.2, 0.25) is 0 Å². The second kappa shape index (κ2) is 7.68. The number of rotatable bonds is 2. The average molecular weight is 415 g/mol. The molecule has 5 rings (SSSR count). The Morgan fingerprint density at radius 3 is 2.45 bits per heavy atom. The Morgan fingerprint density at radius 2 is 1.68 bits per heavy atom. The van der Waals surface area contributed by atoms with Crippen LogP contribution in [0.1, 0.15) is 28.8 Å². The Bertz CT molecular complexity index is 1240. The number of aliphatic imine (C=N–C) groups is 2. The molecule has 0 bridgehead atoms. The maximum Gasteiger partial charge on any atom is 0.256 e. The van der Waals surface area contributed by atoms with Crippen LogP contribution in [0.15, 0.2) is 76.7 Å². The van der Waals surface area contributed by atoms with E-state index in [9.17, 15) is 9.18 Å². The van der Waals surface area contributed by atoms with Crippen LogP contribution >= 0.6 is 0 Å². The summed E-state index contributed by atoms with van der Waals surface area (Å²) in [6.07, 6.45) is 0. The van der Waals surface area contributed by atoms with Crippen LogP contribution in [0.25, 0.3) is 0 Å². The monoisotopic (exact) mass is 415 g/mol. The molecule has 1 N–H and O–H groups in total. The van der Waals surface area contributed by atoms with Crippen molar-refractivity contribution in [3.8, 4) is 11.5 Å². The lowest BCUT2D eigenvalue weighted by Crippen LogP contribution is -2.37. The summed E-state index contributed by atoms with van der Waals surface area (Å²) in [7, 11) is 0. The predicted molar refractivity (Wildman–Crippen MR) is 115 cm³/mol. The highest BCUT2D eigenvalue weighted by Crippen LogP contribution is 2.35. The number of ether oxygens (including phenoxy) is 2. The molecular weight excluding hydrogens is 397 g/mol. The number of carbonyl (C=O) groups is 1. The molecule has 6 nitrogen and oxygen atoms in total. The first-order valence-electron chi connectivity index (χ1n) is 9.78. The Balaban J connectivity index is 1.55. The third-order valence-electron chi connectivity index (χ3n) is 5.19. The number of amides is 1. The number of benzene rings is 3. The van der Waals surface area contributed by atoms with E-state index in [1.807, 2.05) is 31.2 Å². The van der Waals surface area contributed by atoms with E-state index in [1.54, 1.807) is 30.3 Å². The Kier molecular flexibility index (Phi) is 4.71. The molecule has 0 saturated heterocycles. The average Bonchev–Trinajstić information content (AvgIpc) is 3.19. The third-order valence-corrected chi connectivity index (χ3v) is 5.19. The number of fused-ring (bicyclic) bond motifs is 2. The summed E-state index contributed by atoms with van der Waals surface area (Å²) in [6, 6.07) is 18.6. The lowest BCUT2D eigenvalue weighted by atomic mass is 9.93. The topological polar surface area (TPSA) is 72.3 Å². The molecule has 31 heavy (non-hydrogen) atoms. The molecule has 0 fully saturated rings. The number of hydrogen-bond acceptors (Lipinski definition) is 5. The maximum absolute atomic E-state index is 13.5. The summed E-state index contributed by atoms with van der Waals surface area (Å²) in [6.45, 7) is 2.00. The summed E-state index contributed by atoms with van der Waals surface area (Å²) < 4.78 is 24.2. The number of nitrogens with one attached hydrogen (secondary N) is 1. The number of halogens is 1. The Morgan fingerprint density at radius 1 is 0.968 bits per heavy atom. The first-order chi connectivity index (χ1) is 15.1. The van der Waals surface area contributed by atoms with Crippen molar-refractivity contribution in [2.75, 3.05) is 6.79 Å². The smallest absolute Gasteiger partial charge is 0.256 e. The van der Waals surface area contributed by atoms with Crippen molar-refractivity contribution in [3.63, 3.8) is 0 Å². The van der Waals surface area contributed by atoms with Gasteiger partial charge in [0.05, 0.1) is 17.3 Å². The number of nitrogens with zero attached hydrogens (tertiary/aromatic N) is 2. The molecule has 7 heteroatoms. The van der Waals surface area contributed by atoms with E-state index in [-0.39, 0.29) is 18.5 Å². The number of para-hydroxylation sites is 2. The van der Waals surface area contributed by atoms with Crippen LogP contribution in [0.5, 0.6) is 11.5 Å². The molecule has 0 unspecified atom stereocenters. The molecular formula is C24H18FN3O3. The van der Waals surface area contributed by atoms with Gasteiger partial charge in [-0.25, -0.2) is 9.38 Å². The van der Waals surface area contributed by atoms with Gasteiger partial charge in [-0.05, 0) is 55.0 Å². The van der Waals surface area contributed by atoms with Gasteiger partial charge < -0.3 is 14.8 Å². The van der Waals surface area contributed by atoms with Gasteiger partial charge in [-0.3, -0.25) is 9.79 Å². The highest BCUT2D eigenvalue weighted by molar-refractivity contribution is 6.19. The van der Waals surface area contributed by atoms with E-state index in [1.165, 1.54) is 12.1 Å². The molecule has 154 valence electrons. The summed E-state index contributed by atoms with van der Waals surface area (Å²) >= 11 is 0. The van der Waals surface area contributed by atoms with Gasteiger partial charge in [0.15, 0.2) is 11.5 Å². The van der Waals surface area contributed by atoms with Crippen molar-refractivity contribution in [3.05, 3.63) is 83.7 Å². The van der Waals surface area contributed by atoms with Gasteiger partial charge in [0.25, 0.3) is 5.91 Å². The van der Waals surface area contributed by atoms with E-state index < -0.39 is 5.92 Å². The minimum Gasteiger partial charge on any atom is -0.454 e. The molecule has 0 radical (unpaired) electrons. The number of amidine groups is 1. The van der Waals surface area contributed by atoms with E-state index in [4.69, 9.17) is 19.5 Å². The fourth-order valence-corrected chi connectivity index (χ4v) is 3.68. The van der Waals surface area contributed by atoms with E-state index >= 15 is 0 Å². The molecule has 2 heterocycles. The molecule has 1 atom stereocenters. The number of carbonyl (C=O) groups excluding carboxylic acids is 1. The van der Waals surface area contributed by atoms with Crippen molar-refractivity contribution in [2.24, 2.45) is 9.98 Å². The van der Waals surface area contributed by atoms with Crippen molar-refractivity contribution in [2.45, 2.75) is 12.8 Å². The molecule has 2 aliphatic heterocycles. The fourth-order valence-electron chi connectivity index (χ4n) is 3.68. The van der Waals surface area contributed by atoms with Gasteiger partial charge in [0.1, 0.15) is 11.7 Å². The predicted octanol–water partition coefficient (Wildman–Crippen LogP) is 4.90. The van der Waals surface area contributed by atoms with Gasteiger partial charge in [-0.15, -0.1) is 0 Å². The van der Waals surface area contributed by atoms with E-state index in [0.29, 0.717) is 34.3 Å². The first-order valence-corrected chi connectivity index (χ1v) is 9.78. The van der Waals surface area contributed by atoms with Crippen molar-refractivity contribution in [1.29, 1.82) is 0 Å². The lowest BCUT2D eigenvalue weighted by molar-refractivity contribution is 0.0976. The zero-order valence-corrected chi connectivity index (χ0v) is 16.6. The zero-order chi connectivity index (χ0) is 21.4. The molecule has 0 aliphatic carbocycles. The van der Waals surface area contributed by atoms with E-state index in [0.717, 1.165) is 11.3 Å². The van der Waals surface area contributed by atoms with Crippen LogP contribution in [0, 0.1) is 5.82 Å². The van der Waals surface area contributed by atoms with Gasteiger partial charge >= 0.3 is 0 Å². The summed E-state index contributed by atoms with van der Waals surface area (Å²) in [5.74, 6) is 0.430. The largest absolute Gasteiger partial charge is 0.454 e. The minimum absolute atomic E-state index is 0.131. The van der Waals surface area contributed by atoms with Crippen molar-refractivity contribution >= 4 is 28.8 Å². The number of hydrogen-bond donors (Lipinski definition) is 1. The van der Waals surface area contributed by atoms with Gasteiger partial charge in [-0.1, -0.05) is 24.3 Å². The highest BCUT2D eigenvalue weighted by atomic mass is 19.1. The molecule has 1 amide bonds. The van der Waals surface area contributed by atoms with Crippen LogP contribution in [-0.4, -0.2) is 24.2 Å². The normalized spacial score (nSPS) is 16.6. The summed E-state index contributed by atoms with van der Waals surface area (Å²) in [5, 5.41) is 2.94. The van der Waals surface area contributed by atoms with Crippen molar-refractivity contribution < 1.29 is 18.7 Å². The molecule has 3 aromatic rings. The SMILES string of the molecule is CC1=Nc2ccccc2N=C(NC(=O)c2ccc3c(c2)OCO3)[C@@H]1c1ccc(F)cc1. The third kappa shape index (κ3) is 3.66. The first kappa shape index (κ1) is 19.0. The summed E-state index contributed by atoms with van der Waals surface area (Å²) in [4.78, 5) is 22.5. The minimum atomic E-state index is -0.439. The van der Waals surface area contributed by atoms with E-state index in [2.05, 4.69) is 5.32 Å². The molecule has 3 aromatic carbocycles. The maximum atomic E-state index is 13.5. The highest BCUT2D eigenvalue weighted by Gasteiger charge is 2.27. The molecule has 0 saturated carbocycles. The Hall–Kier alpha value is -4.00. The van der Waals surface area contributed by atoms with Crippen LogP contribution in [0.3, 0.4) is 0 Å². The lowest BCUT2D eigenvalue weighted by Gasteiger charge is -2.19. The van der Waals surface area contributed by atoms with Crippen molar-refractivity contribution in [1.82, 2.24) is 5.32 Å². The molecule has 2 aliphatic rings. The zero-order valence-electron chi connectivity index (χ0n) is 16.6. The summed E-state index contributed by atoms with van der Waals surface area (Å²) in [5.41, 5.74) is 3.28. The van der Waals surface area contributed by atoms with Gasteiger partial charge in [0, 0.05) is 11.3 Å². The van der Waals surface area contributed by atoms with Crippen LogP contribution < -0.4 is 14.8 Å². The molecule has 0 spiro atoms. The second-order valence-electron chi connectivity index (χ2n) is 7.25. The van der Waals surface area contributed by atoms with Crippen LogP contribution in [-0.2, 0) is 0 Å².